The first kappa shape index (κ1) is 15.4. The molecule has 0 bridgehead atoms. The van der Waals surface area contributed by atoms with E-state index in [-0.39, 0.29) is 26.9 Å². The summed E-state index contributed by atoms with van der Waals surface area (Å²) in [6.07, 6.45) is 0. The molecule has 0 unspecified atom stereocenters. The smallest absolute Gasteiger partial charge is 0.210 e. The van der Waals surface area contributed by atoms with Gasteiger partial charge in [-0.1, -0.05) is 12.1 Å². The highest BCUT2D eigenvalue weighted by Gasteiger charge is 2.27. The van der Waals surface area contributed by atoms with Crippen LogP contribution >= 0.6 is 0 Å². The molecule has 0 aliphatic heterocycles. The van der Waals surface area contributed by atoms with Crippen molar-refractivity contribution in [2.24, 2.45) is 0 Å². The average Bonchev–Trinajstić information content (AvgIpc) is 2.40. The van der Waals surface area contributed by atoms with Crippen molar-refractivity contribution in [2.45, 2.75) is 37.5 Å². The zero-order chi connectivity index (χ0) is 15.9. The molecule has 0 amide bonds. The third-order valence-corrected chi connectivity index (χ3v) is 5.87. The van der Waals surface area contributed by atoms with Crippen LogP contribution in [-0.4, -0.2) is 18.6 Å². The van der Waals surface area contributed by atoms with E-state index >= 15 is 0 Å². The molecule has 4 nitrogen and oxygen atoms in total. The summed E-state index contributed by atoms with van der Waals surface area (Å²) in [7, 11) is -3.90. The molecule has 112 valence electrons. The first-order valence-electron chi connectivity index (χ1n) is 6.51. The minimum absolute atomic E-state index is 0.00889. The van der Waals surface area contributed by atoms with E-state index in [4.69, 9.17) is 0 Å². The van der Waals surface area contributed by atoms with Gasteiger partial charge in [-0.15, -0.1) is 0 Å². The Morgan fingerprint density at radius 2 is 1.38 bits per heavy atom. The average molecular weight is 306 g/mol. The van der Waals surface area contributed by atoms with Crippen LogP contribution in [0.25, 0.3) is 0 Å². The van der Waals surface area contributed by atoms with Crippen molar-refractivity contribution >= 4 is 9.84 Å². The number of benzene rings is 2. The highest BCUT2D eigenvalue weighted by atomic mass is 32.2. The van der Waals surface area contributed by atoms with Crippen LogP contribution in [0.1, 0.15) is 22.3 Å². The number of hydrogen-bond acceptors (Lipinski definition) is 4. The van der Waals surface area contributed by atoms with Gasteiger partial charge in [0.1, 0.15) is 16.4 Å². The van der Waals surface area contributed by atoms with Crippen molar-refractivity contribution in [3.05, 3.63) is 46.5 Å². The molecular formula is C16H18O4S. The Morgan fingerprint density at radius 3 is 2.00 bits per heavy atom. The summed E-state index contributed by atoms with van der Waals surface area (Å²) in [5.74, 6) is -0.321. The zero-order valence-corrected chi connectivity index (χ0v) is 13.2. The number of rotatable bonds is 2. The van der Waals surface area contributed by atoms with Gasteiger partial charge in [-0.3, -0.25) is 0 Å². The molecule has 0 saturated heterocycles. The largest absolute Gasteiger partial charge is 0.507 e. The van der Waals surface area contributed by atoms with Gasteiger partial charge in [-0.2, -0.15) is 0 Å². The van der Waals surface area contributed by atoms with Crippen LogP contribution in [0.3, 0.4) is 0 Å². The van der Waals surface area contributed by atoms with Gasteiger partial charge in [-0.25, -0.2) is 8.42 Å². The minimum atomic E-state index is -3.90. The Kier molecular flexibility index (Phi) is 3.72. The summed E-state index contributed by atoms with van der Waals surface area (Å²) in [6.45, 7) is 6.70. The first-order valence-corrected chi connectivity index (χ1v) is 7.99. The molecule has 2 N–H and O–H groups in total. The van der Waals surface area contributed by atoms with Gasteiger partial charge in [-0.05, 0) is 56.5 Å². The molecule has 2 aromatic rings. The van der Waals surface area contributed by atoms with Crippen molar-refractivity contribution < 1.29 is 18.6 Å². The summed E-state index contributed by atoms with van der Waals surface area (Å²) < 4.78 is 25.7. The normalized spacial score (nSPS) is 11.6. The Hall–Kier alpha value is -2.01. The van der Waals surface area contributed by atoms with Crippen LogP contribution < -0.4 is 0 Å². The molecule has 0 spiro atoms. The summed E-state index contributed by atoms with van der Waals surface area (Å²) in [5, 5.41) is 19.9. The van der Waals surface area contributed by atoms with E-state index in [2.05, 4.69) is 0 Å². The zero-order valence-electron chi connectivity index (χ0n) is 12.4. The lowest BCUT2D eigenvalue weighted by Crippen LogP contribution is -2.08. The Labute approximate surface area is 124 Å². The lowest BCUT2D eigenvalue weighted by atomic mass is 10.1. The third kappa shape index (κ3) is 2.38. The summed E-state index contributed by atoms with van der Waals surface area (Å²) in [4.78, 5) is -0.0940. The number of phenolic OH excluding ortho intramolecular Hbond substituents is 2. The molecule has 0 aliphatic rings. The second-order valence-electron chi connectivity index (χ2n) is 5.21. The van der Waals surface area contributed by atoms with Crippen molar-refractivity contribution in [3.63, 3.8) is 0 Å². The minimum Gasteiger partial charge on any atom is -0.507 e. The predicted molar refractivity (Wildman–Crippen MR) is 80.6 cm³/mol. The lowest BCUT2D eigenvalue weighted by Gasteiger charge is -2.15. The summed E-state index contributed by atoms with van der Waals surface area (Å²) in [5.41, 5.74) is 2.18. The molecule has 0 aromatic heterocycles. The maximum absolute atomic E-state index is 12.8. The fraction of sp³-hybridized carbons (Fsp3) is 0.250. The Bertz CT molecular complexity index is 821. The fourth-order valence-corrected chi connectivity index (χ4v) is 4.21. The Morgan fingerprint density at radius 1 is 0.810 bits per heavy atom. The van der Waals surface area contributed by atoms with Crippen LogP contribution in [0.2, 0.25) is 0 Å². The van der Waals surface area contributed by atoms with Gasteiger partial charge in [0.15, 0.2) is 0 Å². The molecule has 0 heterocycles. The van der Waals surface area contributed by atoms with E-state index < -0.39 is 9.84 Å². The van der Waals surface area contributed by atoms with Crippen LogP contribution in [0.5, 0.6) is 11.5 Å². The highest BCUT2D eigenvalue weighted by molar-refractivity contribution is 7.91. The summed E-state index contributed by atoms with van der Waals surface area (Å²) in [6, 6.07) is 6.06. The molecule has 21 heavy (non-hydrogen) atoms. The van der Waals surface area contributed by atoms with Gasteiger partial charge in [0.05, 0.1) is 4.90 Å². The van der Waals surface area contributed by atoms with Crippen LogP contribution in [0.4, 0.5) is 0 Å². The van der Waals surface area contributed by atoms with Crippen molar-refractivity contribution in [1.82, 2.24) is 0 Å². The summed E-state index contributed by atoms with van der Waals surface area (Å²) >= 11 is 0. The van der Waals surface area contributed by atoms with Crippen molar-refractivity contribution in [3.8, 4) is 11.5 Å². The van der Waals surface area contributed by atoms with Gasteiger partial charge in [0.25, 0.3) is 0 Å². The lowest BCUT2D eigenvalue weighted by molar-refractivity contribution is 0.456. The van der Waals surface area contributed by atoms with E-state index in [0.717, 1.165) is 5.56 Å². The number of phenols is 2. The number of aromatic hydroxyl groups is 2. The first-order chi connectivity index (χ1) is 9.67. The monoisotopic (exact) mass is 306 g/mol. The number of aryl methyl sites for hydroxylation is 2. The maximum Gasteiger partial charge on any atom is 0.210 e. The topological polar surface area (TPSA) is 74.6 Å². The molecule has 0 atom stereocenters. The van der Waals surface area contributed by atoms with Gasteiger partial charge in [0.2, 0.25) is 9.84 Å². The Balaban J connectivity index is 2.81. The second-order valence-corrected chi connectivity index (χ2v) is 7.07. The molecular weight excluding hydrogens is 288 g/mol. The highest BCUT2D eigenvalue weighted by Crippen LogP contribution is 2.37. The van der Waals surface area contributed by atoms with E-state index in [0.29, 0.717) is 11.1 Å². The van der Waals surface area contributed by atoms with E-state index in [1.165, 1.54) is 12.1 Å². The molecule has 5 heteroatoms. The van der Waals surface area contributed by atoms with Gasteiger partial charge in [0, 0.05) is 5.56 Å². The van der Waals surface area contributed by atoms with Crippen molar-refractivity contribution in [1.29, 1.82) is 0 Å². The van der Waals surface area contributed by atoms with Crippen LogP contribution in [0, 0.1) is 27.7 Å². The van der Waals surface area contributed by atoms with E-state index in [9.17, 15) is 18.6 Å². The van der Waals surface area contributed by atoms with Crippen LogP contribution in [-0.2, 0) is 9.84 Å². The van der Waals surface area contributed by atoms with Crippen LogP contribution in [0.15, 0.2) is 34.1 Å². The maximum atomic E-state index is 12.8. The van der Waals surface area contributed by atoms with Gasteiger partial charge >= 0.3 is 0 Å². The molecule has 0 saturated carbocycles. The van der Waals surface area contributed by atoms with E-state index in [1.54, 1.807) is 39.8 Å². The van der Waals surface area contributed by atoms with Crippen molar-refractivity contribution in [2.75, 3.05) is 0 Å². The molecule has 2 aromatic carbocycles. The number of hydrogen-bond donors (Lipinski definition) is 2. The SMILES string of the molecule is Cc1ccc(O)c(S(=O)(=O)c2ccc(C)c(O)c2C)c1C. The van der Waals surface area contributed by atoms with E-state index in [1.807, 2.05) is 0 Å². The number of sulfone groups is 1. The van der Waals surface area contributed by atoms with Gasteiger partial charge < -0.3 is 10.2 Å². The molecule has 2 rings (SSSR count). The molecule has 0 fully saturated rings. The second kappa shape index (κ2) is 5.07. The molecule has 0 radical (unpaired) electrons. The third-order valence-electron chi connectivity index (χ3n) is 3.80. The quantitative estimate of drug-likeness (QED) is 0.893. The predicted octanol–water partition coefficient (Wildman–Crippen LogP) is 3.16. The fourth-order valence-electron chi connectivity index (χ4n) is 2.33. The molecule has 0 aliphatic carbocycles. The standard InChI is InChI=1S/C16H18O4S/c1-9-5-7-13(17)16(11(9)3)21(19,20)14-8-6-10(2)15(18)12(14)4/h5-8,17-18H,1-4H3.